The lowest BCUT2D eigenvalue weighted by Crippen LogP contribution is -2.42. The summed E-state index contributed by atoms with van der Waals surface area (Å²) in [6, 6.07) is 0. The molecule has 0 aromatic carbocycles. The van der Waals surface area contributed by atoms with Crippen LogP contribution in [0.25, 0.3) is 0 Å². The second-order valence-electron chi connectivity index (χ2n) is 4.39. The third-order valence-electron chi connectivity index (χ3n) is 1.80. The lowest BCUT2D eigenvalue weighted by atomic mass is 9.91. The highest BCUT2D eigenvalue weighted by atomic mass is 32.2. The molecule has 0 heterocycles. The summed E-state index contributed by atoms with van der Waals surface area (Å²) in [5.74, 6) is -0.135. The van der Waals surface area contributed by atoms with Crippen LogP contribution < -0.4 is 9.44 Å². The van der Waals surface area contributed by atoms with E-state index >= 15 is 0 Å². The Balaban J connectivity index is 4.11. The number of nitrogens with one attached hydrogen (secondary N) is 2. The number of carbonyl (C=O) groups is 1. The summed E-state index contributed by atoms with van der Waals surface area (Å²) in [6.07, 6.45) is 0.716. The molecule has 0 rings (SSSR count). The van der Waals surface area contributed by atoms with Crippen molar-refractivity contribution in [2.75, 3.05) is 13.1 Å². The fourth-order valence-corrected chi connectivity index (χ4v) is 1.61. The van der Waals surface area contributed by atoms with Crippen LogP contribution in [0.15, 0.2) is 0 Å². The molecule has 0 bridgehead atoms. The lowest BCUT2D eigenvalue weighted by Gasteiger charge is -2.16. The summed E-state index contributed by atoms with van der Waals surface area (Å²) >= 11 is 0. The Labute approximate surface area is 91.8 Å². The molecule has 0 atom stereocenters. The second kappa shape index (κ2) is 5.58. The maximum atomic E-state index is 11.4. The van der Waals surface area contributed by atoms with Crippen LogP contribution in [0.3, 0.4) is 0 Å². The van der Waals surface area contributed by atoms with Gasteiger partial charge in [-0.15, -0.1) is 0 Å². The summed E-state index contributed by atoms with van der Waals surface area (Å²) in [6.45, 7) is 7.33. The van der Waals surface area contributed by atoms with Crippen molar-refractivity contribution in [3.05, 3.63) is 0 Å². The highest BCUT2D eigenvalue weighted by Gasteiger charge is 2.22. The summed E-state index contributed by atoms with van der Waals surface area (Å²) in [7, 11) is -3.52. The van der Waals surface area contributed by atoms with Gasteiger partial charge in [-0.3, -0.25) is 4.79 Å². The van der Waals surface area contributed by atoms with Crippen molar-refractivity contribution in [3.63, 3.8) is 0 Å². The number of hydrogen-bond acceptors (Lipinski definition) is 3. The van der Waals surface area contributed by atoms with Gasteiger partial charge in [-0.25, -0.2) is 4.72 Å². The summed E-state index contributed by atoms with van der Waals surface area (Å²) in [5, 5.41) is 0. The fraction of sp³-hybridized carbons (Fsp3) is 0.889. The van der Waals surface area contributed by atoms with E-state index in [1.54, 1.807) is 20.8 Å². The molecule has 0 aromatic rings. The number of Topliss-reactive ketones (excluding diaryl/α,β-unsaturated/α-hetero) is 1. The lowest BCUT2D eigenvalue weighted by molar-refractivity contribution is -0.125. The minimum absolute atomic E-state index is 0.135. The molecule has 0 radical (unpaired) electrons. The van der Waals surface area contributed by atoms with Crippen LogP contribution in [0.2, 0.25) is 0 Å². The standard InChI is InChI=1S/C9H20N2O3S/c1-5-6-10-15(13,14)11-7-8(12)9(2,3)4/h10-11H,5-7H2,1-4H3. The largest absolute Gasteiger partial charge is 0.298 e. The Morgan fingerprint density at radius 1 is 1.20 bits per heavy atom. The summed E-state index contributed by atoms with van der Waals surface area (Å²) < 4.78 is 27.0. The molecule has 0 unspecified atom stereocenters. The van der Waals surface area contributed by atoms with Crippen molar-refractivity contribution in [1.82, 2.24) is 9.44 Å². The van der Waals surface area contributed by atoms with Gasteiger partial charge in [0.1, 0.15) is 0 Å². The van der Waals surface area contributed by atoms with Gasteiger partial charge in [0.2, 0.25) is 0 Å². The Morgan fingerprint density at radius 2 is 1.73 bits per heavy atom. The first-order valence-electron chi connectivity index (χ1n) is 4.96. The fourth-order valence-electron chi connectivity index (χ4n) is 0.713. The number of carbonyl (C=O) groups excluding carboxylic acids is 1. The van der Waals surface area contributed by atoms with Crippen LogP contribution in [-0.2, 0) is 15.0 Å². The molecular weight excluding hydrogens is 216 g/mol. The molecule has 0 fully saturated rings. The maximum absolute atomic E-state index is 11.4. The van der Waals surface area contributed by atoms with Crippen LogP contribution >= 0.6 is 0 Å². The van der Waals surface area contributed by atoms with Gasteiger partial charge < -0.3 is 0 Å². The molecule has 0 aliphatic heterocycles. The Morgan fingerprint density at radius 3 is 2.13 bits per heavy atom. The molecule has 0 saturated carbocycles. The van der Waals surface area contributed by atoms with E-state index < -0.39 is 15.6 Å². The highest BCUT2D eigenvalue weighted by molar-refractivity contribution is 7.87. The SMILES string of the molecule is CCCNS(=O)(=O)NCC(=O)C(C)(C)C. The third-order valence-corrected chi connectivity index (χ3v) is 2.91. The van der Waals surface area contributed by atoms with Crippen LogP contribution in [0, 0.1) is 5.41 Å². The van der Waals surface area contributed by atoms with Gasteiger partial charge in [0.05, 0.1) is 6.54 Å². The summed E-state index contributed by atoms with van der Waals surface area (Å²) in [5.41, 5.74) is -0.521. The van der Waals surface area contributed by atoms with Gasteiger partial charge in [0.15, 0.2) is 5.78 Å². The zero-order chi connectivity index (χ0) is 12.1. The van der Waals surface area contributed by atoms with Gasteiger partial charge in [0, 0.05) is 12.0 Å². The average Bonchev–Trinajstić information content (AvgIpc) is 2.09. The van der Waals surface area contributed by atoms with E-state index in [0.717, 1.165) is 0 Å². The minimum Gasteiger partial charge on any atom is -0.298 e. The highest BCUT2D eigenvalue weighted by Crippen LogP contribution is 2.13. The van der Waals surface area contributed by atoms with Gasteiger partial charge in [0.25, 0.3) is 10.2 Å². The van der Waals surface area contributed by atoms with Gasteiger partial charge in [-0.05, 0) is 6.42 Å². The van der Waals surface area contributed by atoms with Crippen molar-refractivity contribution in [2.24, 2.45) is 5.41 Å². The molecule has 0 aliphatic rings. The van der Waals surface area contributed by atoms with E-state index in [0.29, 0.717) is 13.0 Å². The Kier molecular flexibility index (Phi) is 5.41. The van der Waals surface area contributed by atoms with E-state index in [1.807, 2.05) is 6.92 Å². The topological polar surface area (TPSA) is 75.3 Å². The van der Waals surface area contributed by atoms with Crippen molar-refractivity contribution in [1.29, 1.82) is 0 Å². The average molecular weight is 236 g/mol. The molecule has 0 aliphatic carbocycles. The van der Waals surface area contributed by atoms with Crippen molar-refractivity contribution in [3.8, 4) is 0 Å². The van der Waals surface area contributed by atoms with Crippen LogP contribution in [0.5, 0.6) is 0 Å². The molecule has 0 aromatic heterocycles. The van der Waals surface area contributed by atoms with E-state index in [-0.39, 0.29) is 12.3 Å². The first-order chi connectivity index (χ1) is 6.69. The molecule has 2 N–H and O–H groups in total. The second-order valence-corrected chi connectivity index (χ2v) is 5.98. The zero-order valence-electron chi connectivity index (χ0n) is 9.75. The van der Waals surface area contributed by atoms with Crippen molar-refractivity contribution >= 4 is 16.0 Å². The van der Waals surface area contributed by atoms with Crippen LogP contribution in [-0.4, -0.2) is 27.3 Å². The van der Waals surface area contributed by atoms with Crippen LogP contribution in [0.4, 0.5) is 0 Å². The first kappa shape index (κ1) is 14.5. The zero-order valence-corrected chi connectivity index (χ0v) is 10.6. The predicted molar refractivity (Wildman–Crippen MR) is 59.7 cm³/mol. The summed E-state index contributed by atoms with van der Waals surface area (Å²) in [4.78, 5) is 11.4. The minimum atomic E-state index is -3.52. The van der Waals surface area contributed by atoms with Crippen LogP contribution in [0.1, 0.15) is 34.1 Å². The molecule has 0 amide bonds. The first-order valence-corrected chi connectivity index (χ1v) is 6.45. The molecule has 0 saturated heterocycles. The smallest absolute Gasteiger partial charge is 0.277 e. The predicted octanol–water partition coefficient (Wildman–Crippen LogP) is 0.436. The molecule has 0 spiro atoms. The Hall–Kier alpha value is -0.460. The number of rotatable bonds is 6. The Bertz CT molecular complexity index is 304. The van der Waals surface area contributed by atoms with Gasteiger partial charge in [-0.2, -0.15) is 13.1 Å². The van der Waals surface area contributed by atoms with E-state index in [1.165, 1.54) is 0 Å². The number of ketones is 1. The quantitative estimate of drug-likeness (QED) is 0.702. The molecule has 15 heavy (non-hydrogen) atoms. The normalized spacial score (nSPS) is 12.8. The van der Waals surface area contributed by atoms with Gasteiger partial charge in [-0.1, -0.05) is 27.7 Å². The molecule has 6 heteroatoms. The van der Waals surface area contributed by atoms with Crippen molar-refractivity contribution in [2.45, 2.75) is 34.1 Å². The van der Waals surface area contributed by atoms with E-state index in [9.17, 15) is 13.2 Å². The molecular formula is C9H20N2O3S. The molecule has 90 valence electrons. The number of hydrogen-bond donors (Lipinski definition) is 2. The van der Waals surface area contributed by atoms with E-state index in [4.69, 9.17) is 0 Å². The van der Waals surface area contributed by atoms with Crippen molar-refractivity contribution < 1.29 is 13.2 Å². The van der Waals surface area contributed by atoms with E-state index in [2.05, 4.69) is 9.44 Å². The van der Waals surface area contributed by atoms with Gasteiger partial charge >= 0.3 is 0 Å². The maximum Gasteiger partial charge on any atom is 0.277 e. The third kappa shape index (κ3) is 6.59. The molecule has 5 nitrogen and oxygen atoms in total. The monoisotopic (exact) mass is 236 g/mol.